The third-order valence-corrected chi connectivity index (χ3v) is 2.96. The van der Waals surface area contributed by atoms with Gasteiger partial charge < -0.3 is 15.8 Å². The summed E-state index contributed by atoms with van der Waals surface area (Å²) in [4.78, 5) is 0. The average Bonchev–Trinajstić information content (AvgIpc) is 2.62. The van der Waals surface area contributed by atoms with Crippen LogP contribution in [-0.4, -0.2) is 13.2 Å². The Kier molecular flexibility index (Phi) is 3.22. The van der Waals surface area contributed by atoms with Gasteiger partial charge in [0, 0.05) is 12.0 Å². The zero-order chi connectivity index (χ0) is 12.3. The quantitative estimate of drug-likeness (QED) is 0.840. The molecule has 0 aliphatic carbocycles. The third kappa shape index (κ3) is 3.12. The molecular weight excluding hydrogens is 219 g/mol. The number of benzene rings is 1. The minimum absolute atomic E-state index is 0.0457. The molecule has 3 nitrogen and oxygen atoms in total. The van der Waals surface area contributed by atoms with Crippen LogP contribution in [0.3, 0.4) is 0 Å². The average molecular weight is 236 g/mol. The number of hydrogen-bond donors (Lipinski definition) is 2. The van der Waals surface area contributed by atoms with Crippen LogP contribution in [0.15, 0.2) is 36.2 Å². The highest BCUT2D eigenvalue weighted by Crippen LogP contribution is 2.27. The van der Waals surface area contributed by atoms with E-state index in [1.54, 1.807) is 12.1 Å². The molecule has 0 bridgehead atoms. The van der Waals surface area contributed by atoms with E-state index < -0.39 is 0 Å². The highest BCUT2D eigenvalue weighted by molar-refractivity contribution is 5.22. The molecule has 1 aromatic carbocycles. The smallest absolute Gasteiger partial charge is 0.123 e. The number of rotatable bonds is 4. The zero-order valence-corrected chi connectivity index (χ0v) is 9.87. The van der Waals surface area contributed by atoms with Crippen LogP contribution in [0, 0.1) is 11.2 Å². The first kappa shape index (κ1) is 11.8. The standard InChI is InChI=1S/C13H17FN2O/c1-13(8-12(15)16-9-13)6-7-17-11-4-2-10(14)3-5-11/h2-5,8,16H,6-7,9,15H2,1H3. The maximum Gasteiger partial charge on any atom is 0.123 e. The molecule has 1 unspecified atom stereocenters. The SMILES string of the molecule is CC1(CCOc2ccc(F)cc2)C=C(N)NC1. The summed E-state index contributed by atoms with van der Waals surface area (Å²) >= 11 is 0. The molecule has 0 fully saturated rings. The van der Waals surface area contributed by atoms with Gasteiger partial charge in [0.15, 0.2) is 0 Å². The van der Waals surface area contributed by atoms with Crippen molar-refractivity contribution in [3.63, 3.8) is 0 Å². The van der Waals surface area contributed by atoms with Gasteiger partial charge in [-0.1, -0.05) is 6.92 Å². The fourth-order valence-corrected chi connectivity index (χ4v) is 1.87. The van der Waals surface area contributed by atoms with E-state index >= 15 is 0 Å². The Bertz CT molecular complexity index is 416. The lowest BCUT2D eigenvalue weighted by Gasteiger charge is -2.20. The molecule has 3 N–H and O–H groups in total. The van der Waals surface area contributed by atoms with E-state index in [0.29, 0.717) is 12.4 Å². The number of ether oxygens (including phenoxy) is 1. The largest absolute Gasteiger partial charge is 0.494 e. The first-order chi connectivity index (χ1) is 8.07. The van der Waals surface area contributed by atoms with Crippen molar-refractivity contribution < 1.29 is 9.13 Å². The highest BCUT2D eigenvalue weighted by Gasteiger charge is 2.26. The molecule has 2 rings (SSSR count). The fraction of sp³-hybridized carbons (Fsp3) is 0.385. The molecule has 1 aliphatic heterocycles. The molecule has 1 aliphatic rings. The van der Waals surface area contributed by atoms with Crippen molar-refractivity contribution >= 4 is 0 Å². The van der Waals surface area contributed by atoms with E-state index in [-0.39, 0.29) is 11.2 Å². The second-order valence-electron chi connectivity index (χ2n) is 4.66. The van der Waals surface area contributed by atoms with E-state index in [1.165, 1.54) is 12.1 Å². The molecular formula is C13H17FN2O. The Labute approximate surface area is 100 Å². The Morgan fingerprint density at radius 3 is 2.71 bits per heavy atom. The van der Waals surface area contributed by atoms with Crippen molar-refractivity contribution in [1.82, 2.24) is 5.32 Å². The lowest BCUT2D eigenvalue weighted by atomic mass is 9.89. The maximum absolute atomic E-state index is 12.7. The molecule has 92 valence electrons. The molecule has 0 radical (unpaired) electrons. The first-order valence-corrected chi connectivity index (χ1v) is 5.68. The van der Waals surface area contributed by atoms with Crippen molar-refractivity contribution in [2.24, 2.45) is 11.1 Å². The Hall–Kier alpha value is -1.71. The molecule has 17 heavy (non-hydrogen) atoms. The van der Waals surface area contributed by atoms with Gasteiger partial charge in [0.1, 0.15) is 11.6 Å². The first-order valence-electron chi connectivity index (χ1n) is 5.68. The predicted molar refractivity (Wildman–Crippen MR) is 64.9 cm³/mol. The molecule has 0 aromatic heterocycles. The van der Waals surface area contributed by atoms with E-state index in [4.69, 9.17) is 10.5 Å². The van der Waals surface area contributed by atoms with Crippen LogP contribution in [0.2, 0.25) is 0 Å². The number of halogens is 1. The van der Waals surface area contributed by atoms with E-state index in [2.05, 4.69) is 12.2 Å². The number of nitrogens with one attached hydrogen (secondary N) is 1. The monoisotopic (exact) mass is 236 g/mol. The summed E-state index contributed by atoms with van der Waals surface area (Å²) in [7, 11) is 0. The fourth-order valence-electron chi connectivity index (χ4n) is 1.87. The number of nitrogens with two attached hydrogens (primary N) is 1. The maximum atomic E-state index is 12.7. The summed E-state index contributed by atoms with van der Waals surface area (Å²) in [6.07, 6.45) is 2.90. The topological polar surface area (TPSA) is 47.3 Å². The van der Waals surface area contributed by atoms with Gasteiger partial charge in [-0.3, -0.25) is 0 Å². The van der Waals surface area contributed by atoms with Crippen LogP contribution in [-0.2, 0) is 0 Å². The molecule has 4 heteroatoms. The molecule has 0 spiro atoms. The van der Waals surface area contributed by atoms with E-state index in [0.717, 1.165) is 18.8 Å². The van der Waals surface area contributed by atoms with Gasteiger partial charge in [0.05, 0.1) is 12.4 Å². The zero-order valence-electron chi connectivity index (χ0n) is 9.87. The lowest BCUT2D eigenvalue weighted by molar-refractivity contribution is 0.254. The van der Waals surface area contributed by atoms with Crippen molar-refractivity contribution in [2.45, 2.75) is 13.3 Å². The van der Waals surface area contributed by atoms with Gasteiger partial charge >= 0.3 is 0 Å². The van der Waals surface area contributed by atoms with Gasteiger partial charge in [-0.2, -0.15) is 0 Å². The minimum Gasteiger partial charge on any atom is -0.494 e. The Morgan fingerprint density at radius 2 is 2.12 bits per heavy atom. The third-order valence-electron chi connectivity index (χ3n) is 2.96. The van der Waals surface area contributed by atoms with Gasteiger partial charge in [-0.05, 0) is 36.8 Å². The molecule has 1 aromatic rings. The van der Waals surface area contributed by atoms with Crippen LogP contribution in [0.5, 0.6) is 5.75 Å². The van der Waals surface area contributed by atoms with Gasteiger partial charge in [-0.25, -0.2) is 4.39 Å². The van der Waals surface area contributed by atoms with Crippen LogP contribution in [0.25, 0.3) is 0 Å². The molecule has 0 saturated heterocycles. The summed E-state index contributed by atoms with van der Waals surface area (Å²) in [5, 5.41) is 3.10. The second-order valence-corrected chi connectivity index (χ2v) is 4.66. The molecule has 0 saturated carbocycles. The Morgan fingerprint density at radius 1 is 1.41 bits per heavy atom. The normalized spacial score (nSPS) is 23.1. The summed E-state index contributed by atoms with van der Waals surface area (Å²) in [5.41, 5.74) is 5.72. The summed E-state index contributed by atoms with van der Waals surface area (Å²) < 4.78 is 18.2. The summed E-state index contributed by atoms with van der Waals surface area (Å²) in [6.45, 7) is 3.56. The van der Waals surface area contributed by atoms with Crippen molar-refractivity contribution in [3.05, 3.63) is 42.0 Å². The van der Waals surface area contributed by atoms with Gasteiger partial charge in [0.25, 0.3) is 0 Å². The van der Waals surface area contributed by atoms with Crippen molar-refractivity contribution in [3.8, 4) is 5.75 Å². The summed E-state index contributed by atoms with van der Waals surface area (Å²) in [5.74, 6) is 1.17. The van der Waals surface area contributed by atoms with Crippen LogP contribution < -0.4 is 15.8 Å². The highest BCUT2D eigenvalue weighted by atomic mass is 19.1. The van der Waals surface area contributed by atoms with Crippen molar-refractivity contribution in [2.75, 3.05) is 13.2 Å². The van der Waals surface area contributed by atoms with Crippen molar-refractivity contribution in [1.29, 1.82) is 0 Å². The van der Waals surface area contributed by atoms with E-state index in [9.17, 15) is 4.39 Å². The number of hydrogen-bond acceptors (Lipinski definition) is 3. The van der Waals surface area contributed by atoms with Crippen LogP contribution in [0.1, 0.15) is 13.3 Å². The molecule has 1 atom stereocenters. The molecule has 0 amide bonds. The van der Waals surface area contributed by atoms with Gasteiger partial charge in [0.2, 0.25) is 0 Å². The van der Waals surface area contributed by atoms with Crippen LogP contribution in [0.4, 0.5) is 4.39 Å². The Balaban J connectivity index is 1.82. The minimum atomic E-state index is -0.250. The van der Waals surface area contributed by atoms with Crippen LogP contribution >= 0.6 is 0 Å². The second kappa shape index (κ2) is 4.65. The predicted octanol–water partition coefficient (Wildman–Crippen LogP) is 2.00. The molecule has 1 heterocycles. The summed E-state index contributed by atoms with van der Waals surface area (Å²) in [6, 6.07) is 6.06. The van der Waals surface area contributed by atoms with Gasteiger partial charge in [-0.15, -0.1) is 0 Å². The lowest BCUT2D eigenvalue weighted by Crippen LogP contribution is -2.24. The van der Waals surface area contributed by atoms with E-state index in [1.807, 2.05) is 6.08 Å².